The summed E-state index contributed by atoms with van der Waals surface area (Å²) in [5.74, 6) is -0.0394. The Labute approximate surface area is 110 Å². The number of ether oxygens (including phenoxy) is 1. The zero-order valence-corrected chi connectivity index (χ0v) is 11.6. The van der Waals surface area contributed by atoms with Crippen LogP contribution in [-0.4, -0.2) is 24.7 Å². The molecule has 1 amide bonds. The maximum atomic E-state index is 12.1. The molecule has 92 valence electrons. The number of benzene rings is 1. The van der Waals surface area contributed by atoms with Crippen LogP contribution in [0.2, 0.25) is 0 Å². The van der Waals surface area contributed by atoms with Crippen LogP contribution in [0, 0.1) is 6.92 Å². The second-order valence-electron chi connectivity index (χ2n) is 4.83. The predicted molar refractivity (Wildman–Crippen MR) is 70.2 cm³/mol. The second-order valence-corrected chi connectivity index (χ2v) is 5.75. The fraction of sp³-hybridized carbons (Fsp3) is 0.462. The Morgan fingerprint density at radius 3 is 2.82 bits per heavy atom. The van der Waals surface area contributed by atoms with Crippen molar-refractivity contribution in [1.82, 2.24) is 5.32 Å². The summed E-state index contributed by atoms with van der Waals surface area (Å²) in [6.45, 7) is 5.30. The van der Waals surface area contributed by atoms with Gasteiger partial charge in [-0.05, 0) is 44.0 Å². The lowest BCUT2D eigenvalue weighted by atomic mass is 10.0. The van der Waals surface area contributed by atoms with Crippen LogP contribution in [0.1, 0.15) is 29.3 Å². The molecule has 0 saturated carbocycles. The van der Waals surface area contributed by atoms with Gasteiger partial charge in [-0.3, -0.25) is 4.79 Å². The first-order valence-electron chi connectivity index (χ1n) is 5.66. The summed E-state index contributed by atoms with van der Waals surface area (Å²) in [5.41, 5.74) is 1.52. The van der Waals surface area contributed by atoms with E-state index in [0.717, 1.165) is 16.5 Å². The van der Waals surface area contributed by atoms with Gasteiger partial charge in [0.25, 0.3) is 5.91 Å². The molecular formula is C13H16BrNO2. The zero-order chi connectivity index (χ0) is 12.5. The lowest BCUT2D eigenvalue weighted by molar-refractivity contribution is 0.0889. The maximum absolute atomic E-state index is 12.1. The molecule has 1 aliphatic rings. The maximum Gasteiger partial charge on any atom is 0.251 e. The standard InChI is InChI=1S/C13H16BrNO2/c1-9-5-10(7-11(14)6-9)12(16)15-13(2)3-4-17-8-13/h5-7H,3-4,8H2,1-2H3,(H,15,16)/t13-/m1/s1. The average Bonchev–Trinajstić information content (AvgIpc) is 2.63. The molecule has 0 aromatic heterocycles. The fourth-order valence-corrected chi connectivity index (χ4v) is 2.59. The summed E-state index contributed by atoms with van der Waals surface area (Å²) in [6, 6.07) is 5.71. The van der Waals surface area contributed by atoms with Gasteiger partial charge in [0.1, 0.15) is 0 Å². The van der Waals surface area contributed by atoms with E-state index in [9.17, 15) is 4.79 Å². The monoisotopic (exact) mass is 297 g/mol. The van der Waals surface area contributed by atoms with Crippen LogP contribution in [0.25, 0.3) is 0 Å². The van der Waals surface area contributed by atoms with E-state index in [4.69, 9.17) is 4.74 Å². The molecule has 4 heteroatoms. The SMILES string of the molecule is Cc1cc(Br)cc(C(=O)N[C@]2(C)CCOC2)c1. The Kier molecular flexibility index (Phi) is 3.54. The highest BCUT2D eigenvalue weighted by Crippen LogP contribution is 2.20. The number of hydrogen-bond donors (Lipinski definition) is 1. The topological polar surface area (TPSA) is 38.3 Å². The van der Waals surface area contributed by atoms with Crippen molar-refractivity contribution in [2.75, 3.05) is 13.2 Å². The van der Waals surface area contributed by atoms with Crippen molar-refractivity contribution in [2.45, 2.75) is 25.8 Å². The van der Waals surface area contributed by atoms with E-state index in [1.54, 1.807) is 0 Å². The van der Waals surface area contributed by atoms with E-state index < -0.39 is 0 Å². The molecule has 0 spiro atoms. The minimum Gasteiger partial charge on any atom is -0.379 e. The molecule has 1 aliphatic heterocycles. The minimum absolute atomic E-state index is 0.0394. The third-order valence-corrected chi connectivity index (χ3v) is 3.40. The van der Waals surface area contributed by atoms with Gasteiger partial charge in [0, 0.05) is 16.6 Å². The minimum atomic E-state index is -0.229. The van der Waals surface area contributed by atoms with Crippen molar-refractivity contribution in [3.05, 3.63) is 33.8 Å². The molecule has 2 rings (SSSR count). The molecule has 1 atom stereocenters. The summed E-state index contributed by atoms with van der Waals surface area (Å²) >= 11 is 3.40. The number of halogens is 1. The van der Waals surface area contributed by atoms with Crippen LogP contribution in [-0.2, 0) is 4.74 Å². The number of carbonyl (C=O) groups is 1. The number of nitrogens with one attached hydrogen (secondary N) is 1. The van der Waals surface area contributed by atoms with Crippen LogP contribution in [0.5, 0.6) is 0 Å². The smallest absolute Gasteiger partial charge is 0.251 e. The number of hydrogen-bond acceptors (Lipinski definition) is 2. The Morgan fingerprint density at radius 2 is 2.24 bits per heavy atom. The molecule has 1 heterocycles. The van der Waals surface area contributed by atoms with Crippen molar-refractivity contribution in [2.24, 2.45) is 0 Å². The Morgan fingerprint density at radius 1 is 1.47 bits per heavy atom. The summed E-state index contributed by atoms with van der Waals surface area (Å²) in [4.78, 5) is 12.1. The van der Waals surface area contributed by atoms with E-state index in [-0.39, 0.29) is 11.4 Å². The first-order valence-corrected chi connectivity index (χ1v) is 6.45. The molecule has 0 aliphatic carbocycles. The van der Waals surface area contributed by atoms with Crippen molar-refractivity contribution < 1.29 is 9.53 Å². The first kappa shape index (κ1) is 12.6. The fourth-order valence-electron chi connectivity index (χ4n) is 1.98. The molecule has 1 saturated heterocycles. The van der Waals surface area contributed by atoms with Gasteiger partial charge in [-0.25, -0.2) is 0 Å². The average molecular weight is 298 g/mol. The molecule has 0 radical (unpaired) electrons. The van der Waals surface area contributed by atoms with Gasteiger partial charge in [-0.15, -0.1) is 0 Å². The van der Waals surface area contributed by atoms with Gasteiger partial charge < -0.3 is 10.1 Å². The molecule has 1 N–H and O–H groups in total. The van der Waals surface area contributed by atoms with Gasteiger partial charge in [0.05, 0.1) is 12.1 Å². The van der Waals surface area contributed by atoms with Crippen molar-refractivity contribution in [1.29, 1.82) is 0 Å². The number of amides is 1. The normalized spacial score (nSPS) is 23.7. The summed E-state index contributed by atoms with van der Waals surface area (Å²) < 4.78 is 6.25. The Hall–Kier alpha value is -0.870. The summed E-state index contributed by atoms with van der Waals surface area (Å²) in [6.07, 6.45) is 0.867. The highest BCUT2D eigenvalue weighted by Gasteiger charge is 2.31. The largest absolute Gasteiger partial charge is 0.379 e. The van der Waals surface area contributed by atoms with E-state index >= 15 is 0 Å². The molecule has 1 aromatic rings. The van der Waals surface area contributed by atoms with Crippen LogP contribution in [0.15, 0.2) is 22.7 Å². The van der Waals surface area contributed by atoms with Gasteiger partial charge in [-0.2, -0.15) is 0 Å². The van der Waals surface area contributed by atoms with Crippen molar-refractivity contribution in [3.63, 3.8) is 0 Å². The van der Waals surface area contributed by atoms with Crippen LogP contribution in [0.3, 0.4) is 0 Å². The van der Waals surface area contributed by atoms with Crippen LogP contribution < -0.4 is 5.32 Å². The van der Waals surface area contributed by atoms with E-state index in [2.05, 4.69) is 21.2 Å². The third kappa shape index (κ3) is 3.07. The molecule has 3 nitrogen and oxygen atoms in total. The van der Waals surface area contributed by atoms with E-state index in [1.807, 2.05) is 32.0 Å². The van der Waals surface area contributed by atoms with Crippen molar-refractivity contribution in [3.8, 4) is 0 Å². The Balaban J connectivity index is 2.14. The van der Waals surface area contributed by atoms with Gasteiger partial charge >= 0.3 is 0 Å². The Bertz CT molecular complexity index is 419. The number of carbonyl (C=O) groups excluding carboxylic acids is 1. The van der Waals surface area contributed by atoms with Gasteiger partial charge in [0.15, 0.2) is 0 Å². The lowest BCUT2D eigenvalue weighted by Crippen LogP contribution is -2.46. The highest BCUT2D eigenvalue weighted by molar-refractivity contribution is 9.10. The van der Waals surface area contributed by atoms with E-state index in [0.29, 0.717) is 18.8 Å². The lowest BCUT2D eigenvalue weighted by Gasteiger charge is -2.23. The quantitative estimate of drug-likeness (QED) is 0.911. The first-order chi connectivity index (χ1) is 7.98. The predicted octanol–water partition coefficient (Wildman–Crippen LogP) is 2.67. The summed E-state index contributed by atoms with van der Waals surface area (Å²) in [7, 11) is 0. The molecule has 1 aromatic carbocycles. The van der Waals surface area contributed by atoms with E-state index in [1.165, 1.54) is 0 Å². The third-order valence-electron chi connectivity index (χ3n) is 2.94. The summed E-state index contributed by atoms with van der Waals surface area (Å²) in [5, 5.41) is 3.04. The van der Waals surface area contributed by atoms with Gasteiger partial charge in [0.2, 0.25) is 0 Å². The zero-order valence-electron chi connectivity index (χ0n) is 10.0. The molecule has 17 heavy (non-hydrogen) atoms. The molecule has 0 unspecified atom stereocenters. The van der Waals surface area contributed by atoms with Crippen LogP contribution in [0.4, 0.5) is 0 Å². The second kappa shape index (κ2) is 4.78. The molecular weight excluding hydrogens is 282 g/mol. The molecule has 1 fully saturated rings. The van der Waals surface area contributed by atoms with Crippen LogP contribution >= 0.6 is 15.9 Å². The van der Waals surface area contributed by atoms with Gasteiger partial charge in [-0.1, -0.05) is 15.9 Å². The number of rotatable bonds is 2. The van der Waals surface area contributed by atoms with Crippen molar-refractivity contribution >= 4 is 21.8 Å². The highest BCUT2D eigenvalue weighted by atomic mass is 79.9. The molecule has 0 bridgehead atoms. The number of aryl methyl sites for hydroxylation is 1.